The average molecular weight is 403 g/mol. The van der Waals surface area contributed by atoms with Crippen LogP contribution < -0.4 is 15.4 Å². The Balaban J connectivity index is 1.51. The van der Waals surface area contributed by atoms with Crippen molar-refractivity contribution in [3.63, 3.8) is 0 Å². The molecule has 0 atom stereocenters. The highest BCUT2D eigenvalue weighted by molar-refractivity contribution is 7.22. The largest absolute Gasteiger partial charge is 0.497 e. The van der Waals surface area contributed by atoms with Crippen molar-refractivity contribution in [2.75, 3.05) is 17.7 Å². The second-order valence-electron chi connectivity index (χ2n) is 6.21. The minimum absolute atomic E-state index is 0.212. The van der Waals surface area contributed by atoms with Crippen LogP contribution in [0.25, 0.3) is 10.2 Å². The molecule has 7 heteroatoms. The number of carbonyl (C=O) groups is 2. The fourth-order valence-electron chi connectivity index (χ4n) is 2.79. The van der Waals surface area contributed by atoms with Crippen LogP contribution >= 0.6 is 11.3 Å². The van der Waals surface area contributed by atoms with Gasteiger partial charge in [0, 0.05) is 16.8 Å². The van der Waals surface area contributed by atoms with Crippen molar-refractivity contribution >= 4 is 44.2 Å². The minimum atomic E-state index is -0.240. The lowest BCUT2D eigenvalue weighted by molar-refractivity contribution is 0.101. The summed E-state index contributed by atoms with van der Waals surface area (Å²) >= 11 is 1.38. The number of ether oxygens (including phenoxy) is 1. The number of methoxy groups -OCH3 is 1. The van der Waals surface area contributed by atoms with E-state index in [2.05, 4.69) is 15.6 Å². The number of nitrogens with zero attached hydrogens (tertiary/aromatic N) is 1. The van der Waals surface area contributed by atoms with E-state index in [4.69, 9.17) is 4.74 Å². The molecule has 3 aromatic carbocycles. The van der Waals surface area contributed by atoms with E-state index in [-0.39, 0.29) is 11.8 Å². The standard InChI is InChI=1S/C22H17N3O3S/c1-28-17-9-5-8-15(12-17)21(27)23-16-10-11-19-18(13-16)24-22(29-19)25-20(26)14-6-3-2-4-7-14/h2-13H,1H3,(H,23,27)(H,24,25,26). The summed E-state index contributed by atoms with van der Waals surface area (Å²) in [4.78, 5) is 29.2. The number of anilines is 2. The molecule has 29 heavy (non-hydrogen) atoms. The highest BCUT2D eigenvalue weighted by Crippen LogP contribution is 2.28. The first-order valence-corrected chi connectivity index (χ1v) is 9.66. The number of amides is 2. The lowest BCUT2D eigenvalue weighted by Gasteiger charge is -2.06. The predicted octanol–water partition coefficient (Wildman–Crippen LogP) is 4.81. The fraction of sp³-hybridized carbons (Fsp3) is 0.0455. The first-order valence-electron chi connectivity index (χ1n) is 8.85. The van der Waals surface area contributed by atoms with Gasteiger partial charge in [0.15, 0.2) is 5.13 Å². The Bertz CT molecular complexity index is 1190. The number of hydrogen-bond acceptors (Lipinski definition) is 5. The third-order valence-corrected chi connectivity index (χ3v) is 5.19. The zero-order valence-corrected chi connectivity index (χ0v) is 16.3. The van der Waals surface area contributed by atoms with Gasteiger partial charge >= 0.3 is 0 Å². The molecule has 2 amide bonds. The van der Waals surface area contributed by atoms with E-state index >= 15 is 0 Å². The van der Waals surface area contributed by atoms with E-state index in [0.29, 0.717) is 33.2 Å². The highest BCUT2D eigenvalue weighted by Gasteiger charge is 2.12. The van der Waals surface area contributed by atoms with E-state index in [1.807, 2.05) is 24.3 Å². The average Bonchev–Trinajstić information content (AvgIpc) is 3.15. The summed E-state index contributed by atoms with van der Waals surface area (Å²) in [7, 11) is 1.56. The molecule has 6 nitrogen and oxygen atoms in total. The SMILES string of the molecule is COc1cccc(C(=O)Nc2ccc3sc(NC(=O)c4ccccc4)nc3c2)c1. The lowest BCUT2D eigenvalue weighted by atomic mass is 10.2. The molecule has 1 heterocycles. The second-order valence-corrected chi connectivity index (χ2v) is 7.24. The van der Waals surface area contributed by atoms with E-state index in [1.54, 1.807) is 55.6 Å². The van der Waals surface area contributed by atoms with E-state index in [0.717, 1.165) is 4.70 Å². The Hall–Kier alpha value is -3.71. The summed E-state index contributed by atoms with van der Waals surface area (Å²) in [6, 6.07) is 21.4. The highest BCUT2D eigenvalue weighted by atomic mass is 32.1. The summed E-state index contributed by atoms with van der Waals surface area (Å²) < 4.78 is 6.07. The fourth-order valence-corrected chi connectivity index (χ4v) is 3.63. The molecule has 0 fully saturated rings. The van der Waals surface area contributed by atoms with E-state index in [9.17, 15) is 9.59 Å². The monoisotopic (exact) mass is 403 g/mol. The molecule has 0 aliphatic carbocycles. The van der Waals surface area contributed by atoms with Crippen molar-refractivity contribution in [2.24, 2.45) is 0 Å². The molecule has 0 bridgehead atoms. The number of fused-ring (bicyclic) bond motifs is 1. The summed E-state index contributed by atoms with van der Waals surface area (Å²) in [5.41, 5.74) is 2.38. The van der Waals surface area contributed by atoms with Gasteiger partial charge in [-0.1, -0.05) is 35.6 Å². The maximum atomic E-state index is 12.5. The molecule has 2 N–H and O–H groups in total. The number of benzene rings is 3. The van der Waals surface area contributed by atoms with Gasteiger partial charge in [-0.25, -0.2) is 4.98 Å². The summed E-state index contributed by atoms with van der Waals surface area (Å²) in [5, 5.41) is 6.18. The van der Waals surface area contributed by atoms with Gasteiger partial charge < -0.3 is 10.1 Å². The van der Waals surface area contributed by atoms with Crippen LogP contribution in [0, 0.1) is 0 Å². The van der Waals surface area contributed by atoms with Crippen LogP contribution in [0.2, 0.25) is 0 Å². The maximum Gasteiger partial charge on any atom is 0.257 e. The van der Waals surface area contributed by atoms with E-state index in [1.165, 1.54) is 11.3 Å². The molecule has 0 spiro atoms. The van der Waals surface area contributed by atoms with Gasteiger partial charge in [0.05, 0.1) is 17.3 Å². The van der Waals surface area contributed by atoms with Crippen LogP contribution in [0.1, 0.15) is 20.7 Å². The maximum absolute atomic E-state index is 12.5. The first-order chi connectivity index (χ1) is 14.1. The third kappa shape index (κ3) is 4.25. The van der Waals surface area contributed by atoms with Gasteiger partial charge in [-0.15, -0.1) is 0 Å². The van der Waals surface area contributed by atoms with Gasteiger partial charge in [-0.05, 0) is 48.5 Å². The van der Waals surface area contributed by atoms with Crippen molar-refractivity contribution in [2.45, 2.75) is 0 Å². The molecule has 0 radical (unpaired) electrons. The Morgan fingerprint density at radius 3 is 2.41 bits per heavy atom. The van der Waals surface area contributed by atoms with Gasteiger partial charge in [0.2, 0.25) is 0 Å². The van der Waals surface area contributed by atoms with Gasteiger partial charge in [0.25, 0.3) is 11.8 Å². The normalized spacial score (nSPS) is 10.5. The van der Waals surface area contributed by atoms with Crippen molar-refractivity contribution < 1.29 is 14.3 Å². The number of thiazole rings is 1. The zero-order valence-electron chi connectivity index (χ0n) is 15.5. The summed E-state index contributed by atoms with van der Waals surface area (Å²) in [6.07, 6.45) is 0. The summed E-state index contributed by atoms with van der Waals surface area (Å²) in [6.45, 7) is 0. The Labute approximate surface area is 171 Å². The molecule has 0 saturated heterocycles. The molecule has 0 saturated carbocycles. The van der Waals surface area contributed by atoms with Gasteiger partial charge in [-0.3, -0.25) is 14.9 Å². The molecule has 0 aliphatic heterocycles. The van der Waals surface area contributed by atoms with Crippen molar-refractivity contribution in [3.8, 4) is 5.75 Å². The number of hydrogen-bond donors (Lipinski definition) is 2. The molecule has 1 aromatic heterocycles. The lowest BCUT2D eigenvalue weighted by Crippen LogP contribution is -2.11. The zero-order chi connectivity index (χ0) is 20.2. The number of nitrogens with one attached hydrogen (secondary N) is 2. The van der Waals surface area contributed by atoms with Crippen LogP contribution in [0.4, 0.5) is 10.8 Å². The number of carbonyl (C=O) groups excluding carboxylic acids is 2. The van der Waals surface area contributed by atoms with Crippen LogP contribution in [-0.4, -0.2) is 23.9 Å². The Morgan fingerprint density at radius 2 is 1.62 bits per heavy atom. The third-order valence-electron chi connectivity index (χ3n) is 4.23. The number of rotatable bonds is 5. The second kappa shape index (κ2) is 8.12. The molecular formula is C22H17N3O3S. The van der Waals surface area contributed by atoms with Crippen LogP contribution in [0.5, 0.6) is 5.75 Å². The predicted molar refractivity (Wildman–Crippen MR) is 115 cm³/mol. The quantitative estimate of drug-likeness (QED) is 0.501. The minimum Gasteiger partial charge on any atom is -0.497 e. The van der Waals surface area contributed by atoms with Crippen LogP contribution in [0.3, 0.4) is 0 Å². The Kier molecular flexibility index (Phi) is 5.22. The molecule has 0 aliphatic rings. The molecule has 4 aromatic rings. The van der Waals surface area contributed by atoms with Crippen LogP contribution in [0.15, 0.2) is 72.8 Å². The Morgan fingerprint density at radius 1 is 0.862 bits per heavy atom. The first kappa shape index (κ1) is 18.6. The van der Waals surface area contributed by atoms with Crippen molar-refractivity contribution in [3.05, 3.63) is 83.9 Å². The molecule has 4 rings (SSSR count). The van der Waals surface area contributed by atoms with Crippen molar-refractivity contribution in [1.29, 1.82) is 0 Å². The topological polar surface area (TPSA) is 80.3 Å². The molecule has 0 unspecified atom stereocenters. The van der Waals surface area contributed by atoms with Crippen LogP contribution in [-0.2, 0) is 0 Å². The van der Waals surface area contributed by atoms with Gasteiger partial charge in [0.1, 0.15) is 5.75 Å². The van der Waals surface area contributed by atoms with E-state index < -0.39 is 0 Å². The summed E-state index contributed by atoms with van der Waals surface area (Å²) in [5.74, 6) is 0.165. The number of aromatic nitrogens is 1. The van der Waals surface area contributed by atoms with Gasteiger partial charge in [-0.2, -0.15) is 0 Å². The molecule has 144 valence electrons. The molecular weight excluding hydrogens is 386 g/mol. The van der Waals surface area contributed by atoms with Crippen molar-refractivity contribution in [1.82, 2.24) is 4.98 Å². The smallest absolute Gasteiger partial charge is 0.257 e.